The molecule has 100 valence electrons. The second kappa shape index (κ2) is 7.01. The highest BCUT2D eigenvalue weighted by Crippen LogP contribution is 2.12. The Hall–Kier alpha value is -1.55. The molecule has 0 aliphatic rings. The van der Waals surface area contributed by atoms with Crippen molar-refractivity contribution in [3.05, 3.63) is 29.8 Å². The summed E-state index contributed by atoms with van der Waals surface area (Å²) in [5.74, 6) is -0.645. The van der Waals surface area contributed by atoms with Crippen LogP contribution in [0.3, 0.4) is 0 Å². The highest BCUT2D eigenvalue weighted by Gasteiger charge is 2.20. The van der Waals surface area contributed by atoms with Crippen molar-refractivity contribution in [2.75, 3.05) is 0 Å². The third-order valence-electron chi connectivity index (χ3n) is 3.10. The Morgan fingerprint density at radius 3 is 2.22 bits per heavy atom. The molecule has 1 rings (SSSR count). The summed E-state index contributed by atoms with van der Waals surface area (Å²) in [4.78, 5) is 11.2. The lowest BCUT2D eigenvalue weighted by atomic mass is 10.0. The molecule has 1 atom stereocenters. The molecular formula is C14H21NO3. The van der Waals surface area contributed by atoms with Crippen LogP contribution >= 0.6 is 0 Å². The molecule has 4 heteroatoms. The summed E-state index contributed by atoms with van der Waals surface area (Å²) in [5.41, 5.74) is 0.902. The van der Waals surface area contributed by atoms with Gasteiger partial charge < -0.3 is 15.5 Å². The van der Waals surface area contributed by atoms with Crippen LogP contribution in [0, 0.1) is 0 Å². The summed E-state index contributed by atoms with van der Waals surface area (Å²) < 4.78 is 0. The standard InChI is InChI=1S/C14H21NO3/c1-3-11(4-2)15-13(14(17)18)9-10-5-7-12(16)8-6-10/h5-8,11,13,15-16H,3-4,9H2,1-2H3,(H,17,18). The van der Waals surface area contributed by atoms with Gasteiger partial charge in [0.25, 0.3) is 0 Å². The second-order valence-corrected chi connectivity index (χ2v) is 4.44. The van der Waals surface area contributed by atoms with Crippen molar-refractivity contribution in [3.8, 4) is 5.75 Å². The maximum atomic E-state index is 11.2. The average Bonchev–Trinajstić information content (AvgIpc) is 2.36. The molecule has 0 aliphatic heterocycles. The number of aromatic hydroxyl groups is 1. The Morgan fingerprint density at radius 1 is 1.22 bits per heavy atom. The molecule has 1 unspecified atom stereocenters. The normalized spacial score (nSPS) is 12.6. The molecule has 0 bridgehead atoms. The fourth-order valence-corrected chi connectivity index (χ4v) is 1.89. The largest absolute Gasteiger partial charge is 0.508 e. The average molecular weight is 251 g/mol. The number of nitrogens with one attached hydrogen (secondary N) is 1. The number of phenols is 1. The number of rotatable bonds is 7. The second-order valence-electron chi connectivity index (χ2n) is 4.44. The first-order valence-corrected chi connectivity index (χ1v) is 6.33. The van der Waals surface area contributed by atoms with E-state index in [4.69, 9.17) is 0 Å². The van der Waals surface area contributed by atoms with Crippen molar-refractivity contribution in [1.29, 1.82) is 0 Å². The Balaban J connectivity index is 2.68. The van der Waals surface area contributed by atoms with E-state index in [2.05, 4.69) is 5.32 Å². The fraction of sp³-hybridized carbons (Fsp3) is 0.500. The Labute approximate surface area is 108 Å². The van der Waals surface area contributed by atoms with Gasteiger partial charge in [-0.1, -0.05) is 26.0 Å². The molecule has 0 aromatic heterocycles. The van der Waals surface area contributed by atoms with E-state index in [-0.39, 0.29) is 11.8 Å². The van der Waals surface area contributed by atoms with E-state index in [1.807, 2.05) is 13.8 Å². The van der Waals surface area contributed by atoms with Gasteiger partial charge in [-0.2, -0.15) is 0 Å². The molecule has 0 spiro atoms. The summed E-state index contributed by atoms with van der Waals surface area (Å²) in [6.45, 7) is 4.08. The van der Waals surface area contributed by atoms with Gasteiger partial charge in [0.05, 0.1) is 0 Å². The van der Waals surface area contributed by atoms with Crippen molar-refractivity contribution in [1.82, 2.24) is 5.32 Å². The van der Waals surface area contributed by atoms with E-state index < -0.39 is 12.0 Å². The van der Waals surface area contributed by atoms with Crippen molar-refractivity contribution >= 4 is 5.97 Å². The SMILES string of the molecule is CCC(CC)NC(Cc1ccc(O)cc1)C(=O)O. The minimum Gasteiger partial charge on any atom is -0.508 e. The van der Waals surface area contributed by atoms with Crippen molar-refractivity contribution < 1.29 is 15.0 Å². The van der Waals surface area contributed by atoms with Crippen LogP contribution in [-0.4, -0.2) is 28.3 Å². The zero-order chi connectivity index (χ0) is 13.5. The van der Waals surface area contributed by atoms with E-state index >= 15 is 0 Å². The maximum absolute atomic E-state index is 11.2. The van der Waals surface area contributed by atoms with Crippen LogP contribution in [-0.2, 0) is 11.2 Å². The van der Waals surface area contributed by atoms with Crippen molar-refractivity contribution in [2.24, 2.45) is 0 Å². The number of benzene rings is 1. The van der Waals surface area contributed by atoms with Gasteiger partial charge in [-0.15, -0.1) is 0 Å². The van der Waals surface area contributed by atoms with E-state index in [0.29, 0.717) is 6.42 Å². The molecule has 1 aromatic carbocycles. The molecule has 3 N–H and O–H groups in total. The van der Waals surface area contributed by atoms with Crippen LogP contribution < -0.4 is 5.32 Å². The third kappa shape index (κ3) is 4.37. The molecule has 4 nitrogen and oxygen atoms in total. The number of carbonyl (C=O) groups is 1. The minimum atomic E-state index is -0.838. The zero-order valence-corrected chi connectivity index (χ0v) is 10.9. The first-order valence-electron chi connectivity index (χ1n) is 6.33. The molecule has 0 saturated heterocycles. The summed E-state index contributed by atoms with van der Waals surface area (Å²) in [6.07, 6.45) is 2.25. The lowest BCUT2D eigenvalue weighted by molar-refractivity contribution is -0.139. The predicted octanol–water partition coefficient (Wildman–Crippen LogP) is 2.17. The molecule has 0 aliphatic carbocycles. The number of carboxylic acids is 1. The third-order valence-corrected chi connectivity index (χ3v) is 3.10. The number of aliphatic carboxylic acids is 1. The van der Waals surface area contributed by atoms with Crippen molar-refractivity contribution in [3.63, 3.8) is 0 Å². The summed E-state index contributed by atoms with van der Waals surface area (Å²) in [7, 11) is 0. The van der Waals surface area contributed by atoms with Crippen LogP contribution in [0.15, 0.2) is 24.3 Å². The van der Waals surface area contributed by atoms with Gasteiger partial charge in [-0.25, -0.2) is 0 Å². The van der Waals surface area contributed by atoms with Crippen LogP contribution in [0.2, 0.25) is 0 Å². The number of hydrogen-bond donors (Lipinski definition) is 3. The number of phenolic OH excluding ortho intramolecular Hbond substituents is 1. The molecular weight excluding hydrogens is 230 g/mol. The number of carboxylic acid groups (broad SMARTS) is 1. The smallest absolute Gasteiger partial charge is 0.321 e. The van der Waals surface area contributed by atoms with Gasteiger partial charge in [0.15, 0.2) is 0 Å². The van der Waals surface area contributed by atoms with Crippen LogP contribution in [0.4, 0.5) is 0 Å². The van der Waals surface area contributed by atoms with E-state index in [1.165, 1.54) is 0 Å². The minimum absolute atomic E-state index is 0.193. The van der Waals surface area contributed by atoms with Crippen molar-refractivity contribution in [2.45, 2.75) is 45.2 Å². The Morgan fingerprint density at radius 2 is 1.78 bits per heavy atom. The van der Waals surface area contributed by atoms with Gasteiger partial charge in [-0.3, -0.25) is 4.79 Å². The molecule has 0 radical (unpaired) electrons. The van der Waals surface area contributed by atoms with Crippen LogP contribution in [0.25, 0.3) is 0 Å². The lowest BCUT2D eigenvalue weighted by Gasteiger charge is -2.21. The predicted molar refractivity (Wildman–Crippen MR) is 70.7 cm³/mol. The van der Waals surface area contributed by atoms with Crippen LogP contribution in [0.1, 0.15) is 32.3 Å². The quantitative estimate of drug-likeness (QED) is 0.694. The molecule has 1 aromatic rings. The van der Waals surface area contributed by atoms with Gasteiger partial charge in [-0.05, 0) is 37.0 Å². The maximum Gasteiger partial charge on any atom is 0.321 e. The molecule has 18 heavy (non-hydrogen) atoms. The van der Waals surface area contributed by atoms with E-state index in [1.54, 1.807) is 24.3 Å². The van der Waals surface area contributed by atoms with E-state index in [9.17, 15) is 15.0 Å². The Kier molecular flexibility index (Phi) is 5.65. The zero-order valence-electron chi connectivity index (χ0n) is 10.9. The van der Waals surface area contributed by atoms with Gasteiger partial charge >= 0.3 is 5.97 Å². The highest BCUT2D eigenvalue weighted by molar-refractivity contribution is 5.74. The summed E-state index contributed by atoms with van der Waals surface area (Å²) >= 11 is 0. The molecule has 0 fully saturated rings. The Bertz CT molecular complexity index is 371. The first-order chi connectivity index (χ1) is 8.56. The van der Waals surface area contributed by atoms with E-state index in [0.717, 1.165) is 18.4 Å². The lowest BCUT2D eigenvalue weighted by Crippen LogP contribution is -2.44. The number of hydrogen-bond acceptors (Lipinski definition) is 3. The van der Waals surface area contributed by atoms with Gasteiger partial charge in [0.1, 0.15) is 11.8 Å². The molecule has 0 heterocycles. The van der Waals surface area contributed by atoms with Crippen LogP contribution in [0.5, 0.6) is 5.75 Å². The molecule has 0 amide bonds. The molecule has 0 saturated carbocycles. The van der Waals surface area contributed by atoms with Gasteiger partial charge in [0, 0.05) is 6.04 Å². The summed E-state index contributed by atoms with van der Waals surface area (Å²) in [6, 6.07) is 6.29. The first kappa shape index (κ1) is 14.5. The monoisotopic (exact) mass is 251 g/mol. The van der Waals surface area contributed by atoms with Gasteiger partial charge in [0.2, 0.25) is 0 Å². The highest BCUT2D eigenvalue weighted by atomic mass is 16.4. The summed E-state index contributed by atoms with van der Waals surface area (Å²) in [5, 5.41) is 21.6. The fourth-order valence-electron chi connectivity index (χ4n) is 1.89. The topological polar surface area (TPSA) is 69.6 Å².